The van der Waals surface area contributed by atoms with Crippen molar-refractivity contribution in [1.82, 2.24) is 10.3 Å². The van der Waals surface area contributed by atoms with Crippen molar-refractivity contribution < 1.29 is 4.79 Å². The molecule has 2 aliphatic carbocycles. The summed E-state index contributed by atoms with van der Waals surface area (Å²) >= 11 is 0. The zero-order valence-electron chi connectivity index (χ0n) is 17.5. The van der Waals surface area contributed by atoms with E-state index in [-0.39, 0.29) is 5.91 Å². The van der Waals surface area contributed by atoms with Gasteiger partial charge in [0, 0.05) is 30.2 Å². The third-order valence-corrected chi connectivity index (χ3v) is 7.68. The molecule has 0 saturated heterocycles. The lowest BCUT2D eigenvalue weighted by atomic mass is 9.68. The summed E-state index contributed by atoms with van der Waals surface area (Å²) in [6.45, 7) is 0.495. The van der Waals surface area contributed by atoms with E-state index in [2.05, 4.69) is 58.1 Å². The Kier molecular flexibility index (Phi) is 4.52. The highest BCUT2D eigenvalue weighted by atomic mass is 16.1. The van der Waals surface area contributed by atoms with Crippen LogP contribution in [0.25, 0.3) is 0 Å². The zero-order chi connectivity index (χ0) is 20.8. The Morgan fingerprint density at radius 1 is 1.03 bits per heavy atom. The number of nitrogens with one attached hydrogen (secondary N) is 2. The first-order valence-corrected chi connectivity index (χ1v) is 11.4. The molecule has 1 amide bonds. The first kappa shape index (κ1) is 18.6. The average Bonchev–Trinajstić information content (AvgIpc) is 3.46. The van der Waals surface area contributed by atoms with Crippen LogP contribution < -0.4 is 10.6 Å². The number of rotatable bonds is 4. The maximum absolute atomic E-state index is 12.9. The van der Waals surface area contributed by atoms with Gasteiger partial charge in [0.25, 0.3) is 5.91 Å². The molecule has 2 bridgehead atoms. The van der Waals surface area contributed by atoms with Gasteiger partial charge in [-0.25, -0.2) is 0 Å². The van der Waals surface area contributed by atoms with E-state index in [0.29, 0.717) is 24.4 Å². The summed E-state index contributed by atoms with van der Waals surface area (Å²) in [7, 11) is 0. The number of aromatic nitrogens is 1. The molecule has 3 aliphatic rings. The van der Waals surface area contributed by atoms with Crippen LogP contribution in [0, 0.1) is 17.8 Å². The Bertz CT molecular complexity index is 1100. The predicted molar refractivity (Wildman–Crippen MR) is 122 cm³/mol. The van der Waals surface area contributed by atoms with Crippen LogP contribution in [0.1, 0.15) is 58.3 Å². The second kappa shape index (κ2) is 7.52. The van der Waals surface area contributed by atoms with Crippen LogP contribution in [0.15, 0.2) is 73.1 Å². The molecule has 2 saturated carbocycles. The quantitative estimate of drug-likeness (QED) is 0.614. The summed E-state index contributed by atoms with van der Waals surface area (Å²) in [4.78, 5) is 17.0. The van der Waals surface area contributed by atoms with Crippen molar-refractivity contribution in [2.75, 3.05) is 5.32 Å². The van der Waals surface area contributed by atoms with Crippen molar-refractivity contribution in [3.8, 4) is 0 Å². The Morgan fingerprint density at radius 3 is 2.74 bits per heavy atom. The number of hydrogen-bond donors (Lipinski definition) is 2. The van der Waals surface area contributed by atoms with Crippen LogP contribution in [0.3, 0.4) is 0 Å². The van der Waals surface area contributed by atoms with Gasteiger partial charge in [-0.3, -0.25) is 9.78 Å². The zero-order valence-corrected chi connectivity index (χ0v) is 17.5. The van der Waals surface area contributed by atoms with E-state index in [1.54, 1.807) is 12.4 Å². The topological polar surface area (TPSA) is 54.0 Å². The molecule has 1 aliphatic heterocycles. The molecule has 2 aromatic carbocycles. The Labute approximate surface area is 183 Å². The Balaban J connectivity index is 1.30. The number of benzene rings is 2. The van der Waals surface area contributed by atoms with E-state index in [0.717, 1.165) is 23.0 Å². The molecule has 0 unspecified atom stereocenters. The predicted octanol–water partition coefficient (Wildman–Crippen LogP) is 5.31. The lowest BCUT2D eigenvalue weighted by Crippen LogP contribution is -2.35. The van der Waals surface area contributed by atoms with Gasteiger partial charge in [-0.15, -0.1) is 0 Å². The van der Waals surface area contributed by atoms with Gasteiger partial charge in [0.05, 0.1) is 6.04 Å². The number of hydrogen-bond acceptors (Lipinski definition) is 3. The van der Waals surface area contributed by atoms with Crippen molar-refractivity contribution in [2.45, 2.75) is 37.8 Å². The molecule has 3 aromatic rings. The molecule has 0 radical (unpaired) electrons. The van der Waals surface area contributed by atoms with E-state index < -0.39 is 0 Å². The second-order valence-electron chi connectivity index (χ2n) is 9.32. The van der Waals surface area contributed by atoms with Crippen molar-refractivity contribution in [3.63, 3.8) is 0 Å². The van der Waals surface area contributed by atoms with E-state index in [1.807, 2.05) is 18.2 Å². The average molecular weight is 410 g/mol. The van der Waals surface area contributed by atoms with Crippen molar-refractivity contribution in [3.05, 3.63) is 95.3 Å². The highest BCUT2D eigenvalue weighted by Crippen LogP contribution is 2.63. The highest BCUT2D eigenvalue weighted by Gasteiger charge is 2.53. The summed E-state index contributed by atoms with van der Waals surface area (Å²) in [5.74, 6) is 2.67. The second-order valence-corrected chi connectivity index (χ2v) is 9.32. The van der Waals surface area contributed by atoms with Crippen LogP contribution in [0.2, 0.25) is 0 Å². The molecule has 31 heavy (non-hydrogen) atoms. The summed E-state index contributed by atoms with van der Waals surface area (Å²) in [5, 5.41) is 6.90. The van der Waals surface area contributed by atoms with E-state index in [1.165, 1.54) is 36.1 Å². The van der Waals surface area contributed by atoms with Crippen molar-refractivity contribution >= 4 is 11.6 Å². The molecule has 0 spiro atoms. The van der Waals surface area contributed by atoms with Gasteiger partial charge in [0.1, 0.15) is 0 Å². The number of carbonyl (C=O) groups is 1. The summed E-state index contributed by atoms with van der Waals surface area (Å²) < 4.78 is 0. The number of amides is 1. The van der Waals surface area contributed by atoms with Crippen LogP contribution in [-0.2, 0) is 6.54 Å². The highest BCUT2D eigenvalue weighted by molar-refractivity contribution is 5.95. The van der Waals surface area contributed by atoms with E-state index in [9.17, 15) is 4.79 Å². The molecular weight excluding hydrogens is 382 g/mol. The van der Waals surface area contributed by atoms with Crippen molar-refractivity contribution in [2.24, 2.45) is 17.8 Å². The molecule has 2 heterocycles. The monoisotopic (exact) mass is 409 g/mol. The molecule has 1 aromatic heterocycles. The van der Waals surface area contributed by atoms with Gasteiger partial charge in [-0.05, 0) is 83.9 Å². The minimum absolute atomic E-state index is 0.0171. The van der Waals surface area contributed by atoms with Crippen LogP contribution in [0.5, 0.6) is 0 Å². The fourth-order valence-corrected chi connectivity index (χ4v) is 6.40. The van der Waals surface area contributed by atoms with E-state index in [4.69, 9.17) is 0 Å². The fraction of sp³-hybridized carbons (Fsp3) is 0.333. The van der Waals surface area contributed by atoms with Gasteiger partial charge in [-0.2, -0.15) is 0 Å². The van der Waals surface area contributed by atoms with Crippen LogP contribution in [0.4, 0.5) is 5.69 Å². The van der Waals surface area contributed by atoms with Crippen LogP contribution in [-0.4, -0.2) is 10.9 Å². The van der Waals surface area contributed by atoms with Gasteiger partial charge in [0.2, 0.25) is 0 Å². The molecule has 6 rings (SSSR count). The smallest absolute Gasteiger partial charge is 0.251 e. The Hall–Kier alpha value is -3.14. The van der Waals surface area contributed by atoms with Crippen molar-refractivity contribution in [1.29, 1.82) is 0 Å². The number of anilines is 1. The van der Waals surface area contributed by atoms with Gasteiger partial charge in [-0.1, -0.05) is 36.4 Å². The standard InChI is InChI=1S/C27H27N3O/c31-27(29-16-17-5-4-12-28-15-17)21-10-11-23-22(14-21)24-19-8-9-20(13-19)25(24)26(30-23)18-6-2-1-3-7-18/h1-7,10-12,14-15,19-20,24-26,30H,8-9,13,16H2,(H,29,31)/t19-,20-,24-,25+,26-/m0/s1. The van der Waals surface area contributed by atoms with Gasteiger partial charge >= 0.3 is 0 Å². The van der Waals surface area contributed by atoms with E-state index >= 15 is 0 Å². The fourth-order valence-electron chi connectivity index (χ4n) is 6.40. The summed E-state index contributed by atoms with van der Waals surface area (Å²) in [6, 6.07) is 21.4. The van der Waals surface area contributed by atoms with Crippen LogP contribution >= 0.6 is 0 Å². The molecule has 4 nitrogen and oxygen atoms in total. The molecule has 2 fully saturated rings. The maximum atomic E-state index is 12.9. The number of fused-ring (bicyclic) bond motifs is 7. The number of nitrogens with zero attached hydrogens (tertiary/aromatic N) is 1. The Morgan fingerprint density at radius 2 is 1.90 bits per heavy atom. The minimum Gasteiger partial charge on any atom is -0.378 e. The first-order chi connectivity index (χ1) is 15.3. The van der Waals surface area contributed by atoms with Gasteiger partial charge < -0.3 is 10.6 Å². The SMILES string of the molecule is O=C(NCc1cccnc1)c1ccc2c(c1)[C@@H]1[C@H]3CC[C@@H](C3)[C@H]1[C@H](c1ccccc1)N2. The third-order valence-electron chi connectivity index (χ3n) is 7.68. The molecule has 2 N–H and O–H groups in total. The minimum atomic E-state index is -0.0171. The molecule has 156 valence electrons. The molecule has 5 atom stereocenters. The number of carbonyl (C=O) groups excluding carboxylic acids is 1. The van der Waals surface area contributed by atoms with Gasteiger partial charge in [0.15, 0.2) is 0 Å². The third kappa shape index (κ3) is 3.21. The lowest BCUT2D eigenvalue weighted by Gasteiger charge is -2.43. The largest absolute Gasteiger partial charge is 0.378 e. The molecular formula is C27H27N3O. The maximum Gasteiger partial charge on any atom is 0.251 e. The lowest BCUT2D eigenvalue weighted by molar-refractivity contribution is 0.0950. The summed E-state index contributed by atoms with van der Waals surface area (Å²) in [5.41, 5.74) is 5.69. The molecule has 4 heteroatoms. The number of pyridine rings is 1. The first-order valence-electron chi connectivity index (χ1n) is 11.4. The summed E-state index contributed by atoms with van der Waals surface area (Å²) in [6.07, 6.45) is 7.54. The normalized spacial score (nSPS) is 27.8.